The van der Waals surface area contributed by atoms with Crippen LogP contribution in [0.25, 0.3) is 0 Å². The largest absolute Gasteiger partial charge is 0.163 e. The average Bonchev–Trinajstić information content (AvgIpc) is 2.52. The molecule has 0 saturated carbocycles. The summed E-state index contributed by atoms with van der Waals surface area (Å²) in [6, 6.07) is 17.1. The van der Waals surface area contributed by atoms with E-state index in [-0.39, 0.29) is 11.8 Å². The van der Waals surface area contributed by atoms with Crippen LogP contribution >= 0.6 is 0 Å². The van der Waals surface area contributed by atoms with Gasteiger partial charge in [0, 0.05) is 24.3 Å². The Morgan fingerprint density at radius 3 is 1.27 bits per heavy atom. The lowest BCUT2D eigenvalue weighted by Gasteiger charge is -2.06. The van der Waals surface area contributed by atoms with Crippen LogP contribution in [0.2, 0.25) is 0 Å². The van der Waals surface area contributed by atoms with E-state index >= 15 is 0 Å². The third-order valence-electron chi connectivity index (χ3n) is 3.85. The molecule has 0 fully saturated rings. The van der Waals surface area contributed by atoms with Crippen LogP contribution in [-0.2, 0) is 0 Å². The summed E-state index contributed by atoms with van der Waals surface area (Å²) in [4.78, 5) is 0. The number of hydrogen-bond acceptors (Lipinski definition) is 2. The van der Waals surface area contributed by atoms with Crippen molar-refractivity contribution in [3.05, 3.63) is 70.8 Å². The van der Waals surface area contributed by atoms with E-state index in [4.69, 9.17) is 0 Å². The highest BCUT2D eigenvalue weighted by Crippen LogP contribution is 2.15. The third-order valence-corrected chi connectivity index (χ3v) is 3.85. The maximum Gasteiger partial charge on any atom is 0.0342 e. The minimum absolute atomic E-state index is 0.271. The van der Waals surface area contributed by atoms with Crippen molar-refractivity contribution in [2.45, 2.75) is 39.5 Å². The highest BCUT2D eigenvalue weighted by atomic mass is 15.2. The molecule has 2 aromatic carbocycles. The fourth-order valence-electron chi connectivity index (χ4n) is 2.19. The molecular weight excluding hydrogens is 268 g/mol. The molecule has 0 saturated heterocycles. The first-order valence-corrected chi connectivity index (χ1v) is 7.76. The molecule has 2 nitrogen and oxygen atoms in total. The molecule has 0 aliphatic rings. The smallest absolute Gasteiger partial charge is 0.0342 e. The van der Waals surface area contributed by atoms with Gasteiger partial charge in [0.25, 0.3) is 0 Å². The maximum atomic E-state index is 4.20. The molecular formula is C20H24N2. The lowest BCUT2D eigenvalue weighted by Crippen LogP contribution is -1.96. The van der Waals surface area contributed by atoms with Gasteiger partial charge in [-0.3, -0.25) is 0 Å². The molecule has 0 heterocycles. The summed E-state index contributed by atoms with van der Waals surface area (Å²) >= 11 is 0. The Morgan fingerprint density at radius 1 is 0.636 bits per heavy atom. The molecule has 0 spiro atoms. The molecule has 2 aromatic rings. The number of nitrogens with zero attached hydrogens (tertiary/aromatic N) is 2. The Kier molecular flexibility index (Phi) is 5.65. The number of hydrogen-bond donors (Lipinski definition) is 0. The predicted octanol–water partition coefficient (Wildman–Crippen LogP) is 5.27. The summed E-state index contributed by atoms with van der Waals surface area (Å²) in [5.74, 6) is 0.542. The summed E-state index contributed by atoms with van der Waals surface area (Å²) in [5, 5.41) is 8.40. The van der Waals surface area contributed by atoms with Crippen molar-refractivity contribution in [3.8, 4) is 0 Å². The van der Waals surface area contributed by atoms with E-state index in [1.54, 1.807) is 0 Å². The SMILES string of the molecule is Cc1ccc(C(C)/C=N/N=C/C(C)c2ccc(C)cc2)cc1. The van der Waals surface area contributed by atoms with Crippen molar-refractivity contribution < 1.29 is 0 Å². The number of benzene rings is 2. The second-order valence-corrected chi connectivity index (χ2v) is 5.93. The normalized spacial score (nSPS) is 14.5. The van der Waals surface area contributed by atoms with Gasteiger partial charge in [-0.05, 0) is 25.0 Å². The van der Waals surface area contributed by atoms with Crippen LogP contribution < -0.4 is 0 Å². The van der Waals surface area contributed by atoms with Crippen LogP contribution in [0, 0.1) is 13.8 Å². The maximum absolute atomic E-state index is 4.20. The van der Waals surface area contributed by atoms with E-state index in [0.717, 1.165) is 0 Å². The van der Waals surface area contributed by atoms with Crippen LogP contribution in [0.15, 0.2) is 58.7 Å². The first-order chi connectivity index (χ1) is 10.6. The highest BCUT2D eigenvalue weighted by Gasteiger charge is 2.02. The first-order valence-electron chi connectivity index (χ1n) is 7.76. The van der Waals surface area contributed by atoms with E-state index in [9.17, 15) is 0 Å². The summed E-state index contributed by atoms with van der Waals surface area (Å²) in [7, 11) is 0. The molecule has 114 valence electrons. The van der Waals surface area contributed by atoms with Gasteiger partial charge in [0.2, 0.25) is 0 Å². The lowest BCUT2D eigenvalue weighted by molar-refractivity contribution is 1.01. The van der Waals surface area contributed by atoms with Crippen molar-refractivity contribution in [2.24, 2.45) is 10.2 Å². The summed E-state index contributed by atoms with van der Waals surface area (Å²) in [6.45, 7) is 8.46. The van der Waals surface area contributed by atoms with Gasteiger partial charge in [-0.15, -0.1) is 0 Å². The van der Waals surface area contributed by atoms with Crippen LogP contribution in [0.1, 0.15) is 47.9 Å². The predicted molar refractivity (Wildman–Crippen MR) is 96.2 cm³/mol. The number of aryl methyl sites for hydroxylation is 2. The number of rotatable bonds is 5. The van der Waals surface area contributed by atoms with E-state index in [2.05, 4.69) is 86.4 Å². The van der Waals surface area contributed by atoms with Crippen LogP contribution in [0.5, 0.6) is 0 Å². The molecule has 0 radical (unpaired) electrons. The monoisotopic (exact) mass is 292 g/mol. The Morgan fingerprint density at radius 2 is 0.955 bits per heavy atom. The van der Waals surface area contributed by atoms with Gasteiger partial charge >= 0.3 is 0 Å². The van der Waals surface area contributed by atoms with E-state index < -0.39 is 0 Å². The zero-order valence-electron chi connectivity index (χ0n) is 13.8. The second kappa shape index (κ2) is 7.69. The standard InChI is InChI=1S/C20H24N2/c1-15-5-9-19(10-6-15)17(3)13-21-22-14-18(4)20-11-7-16(2)8-12-20/h5-14,17-18H,1-4H3/b21-13+,22-14+. The first kappa shape index (κ1) is 16.2. The highest BCUT2D eigenvalue weighted by molar-refractivity contribution is 5.70. The van der Waals surface area contributed by atoms with Gasteiger partial charge in [0.05, 0.1) is 0 Å². The minimum atomic E-state index is 0.271. The van der Waals surface area contributed by atoms with E-state index in [1.807, 2.05) is 12.4 Å². The van der Waals surface area contributed by atoms with Gasteiger partial charge in [-0.2, -0.15) is 10.2 Å². The van der Waals surface area contributed by atoms with Crippen molar-refractivity contribution in [1.29, 1.82) is 0 Å². The summed E-state index contributed by atoms with van der Waals surface area (Å²) < 4.78 is 0. The van der Waals surface area contributed by atoms with Crippen molar-refractivity contribution in [2.75, 3.05) is 0 Å². The fourth-order valence-corrected chi connectivity index (χ4v) is 2.19. The zero-order chi connectivity index (χ0) is 15.9. The molecule has 0 bridgehead atoms. The lowest BCUT2D eigenvalue weighted by atomic mass is 10.0. The molecule has 0 aliphatic heterocycles. The summed E-state index contributed by atoms with van der Waals surface area (Å²) in [5.41, 5.74) is 5.07. The Balaban J connectivity index is 1.93. The Hall–Kier alpha value is -2.22. The van der Waals surface area contributed by atoms with Crippen LogP contribution in [0.3, 0.4) is 0 Å². The topological polar surface area (TPSA) is 24.7 Å². The quantitative estimate of drug-likeness (QED) is 0.530. The third kappa shape index (κ3) is 4.66. The fraction of sp³-hybridized carbons (Fsp3) is 0.300. The second-order valence-electron chi connectivity index (χ2n) is 5.93. The van der Waals surface area contributed by atoms with Crippen LogP contribution in [0.4, 0.5) is 0 Å². The molecule has 2 atom stereocenters. The van der Waals surface area contributed by atoms with Gasteiger partial charge in [-0.1, -0.05) is 73.5 Å². The molecule has 2 rings (SSSR count). The van der Waals surface area contributed by atoms with E-state index in [0.29, 0.717) is 0 Å². The molecule has 0 amide bonds. The van der Waals surface area contributed by atoms with Gasteiger partial charge in [-0.25, -0.2) is 0 Å². The molecule has 0 aromatic heterocycles. The van der Waals surface area contributed by atoms with Crippen molar-refractivity contribution in [1.82, 2.24) is 0 Å². The van der Waals surface area contributed by atoms with Crippen molar-refractivity contribution in [3.63, 3.8) is 0 Å². The summed E-state index contributed by atoms with van der Waals surface area (Å²) in [6.07, 6.45) is 3.78. The average molecular weight is 292 g/mol. The molecule has 2 unspecified atom stereocenters. The van der Waals surface area contributed by atoms with Gasteiger partial charge in [0.15, 0.2) is 0 Å². The zero-order valence-corrected chi connectivity index (χ0v) is 13.8. The van der Waals surface area contributed by atoms with Crippen LogP contribution in [-0.4, -0.2) is 12.4 Å². The molecule has 0 aliphatic carbocycles. The van der Waals surface area contributed by atoms with Gasteiger partial charge in [0.1, 0.15) is 0 Å². The molecule has 2 heteroatoms. The van der Waals surface area contributed by atoms with E-state index in [1.165, 1.54) is 22.3 Å². The molecule has 22 heavy (non-hydrogen) atoms. The van der Waals surface area contributed by atoms with Gasteiger partial charge < -0.3 is 0 Å². The Bertz CT molecular complexity index is 577. The molecule has 0 N–H and O–H groups in total. The van der Waals surface area contributed by atoms with Crippen molar-refractivity contribution >= 4 is 12.4 Å². The minimum Gasteiger partial charge on any atom is -0.163 e. The Labute approximate surface area is 133 Å².